The van der Waals surface area contributed by atoms with Gasteiger partial charge in [-0.3, -0.25) is 4.90 Å². The quantitative estimate of drug-likeness (QED) is 0.870. The van der Waals surface area contributed by atoms with E-state index in [1.54, 1.807) is 12.4 Å². The van der Waals surface area contributed by atoms with E-state index in [1.807, 2.05) is 6.20 Å². The van der Waals surface area contributed by atoms with Crippen molar-refractivity contribution in [3.05, 3.63) is 36.2 Å². The topological polar surface area (TPSA) is 54.8 Å². The molecule has 0 saturated heterocycles. The zero-order chi connectivity index (χ0) is 14.8. The molecule has 1 aliphatic carbocycles. The van der Waals surface area contributed by atoms with Crippen molar-refractivity contribution < 1.29 is 0 Å². The summed E-state index contributed by atoms with van der Waals surface area (Å²) in [6, 6.07) is 0. The van der Waals surface area contributed by atoms with Gasteiger partial charge in [0.15, 0.2) is 5.82 Å². The van der Waals surface area contributed by atoms with Gasteiger partial charge in [0.2, 0.25) is 0 Å². The van der Waals surface area contributed by atoms with E-state index in [4.69, 9.17) is 4.98 Å². The zero-order valence-electron chi connectivity index (χ0n) is 12.8. The summed E-state index contributed by atoms with van der Waals surface area (Å²) >= 11 is 0. The van der Waals surface area contributed by atoms with E-state index in [1.165, 1.54) is 49.8 Å². The standard InChI is InChI=1S/C17H21N5/c1-2-4-13(3-1)10-22-6-5-14-9-20-17(21-16(14)11-22)15-7-18-12-19-8-15/h7-9,12-13H,1-6,10-11H2. The van der Waals surface area contributed by atoms with Gasteiger partial charge in [-0.2, -0.15) is 0 Å². The summed E-state index contributed by atoms with van der Waals surface area (Å²) in [4.78, 5) is 19.9. The second-order valence-corrected chi connectivity index (χ2v) is 6.43. The highest BCUT2D eigenvalue weighted by atomic mass is 15.1. The van der Waals surface area contributed by atoms with Crippen LogP contribution in [0.1, 0.15) is 36.9 Å². The van der Waals surface area contributed by atoms with Gasteiger partial charge in [-0.1, -0.05) is 12.8 Å². The molecule has 5 heteroatoms. The van der Waals surface area contributed by atoms with Crippen LogP contribution >= 0.6 is 0 Å². The average Bonchev–Trinajstić information content (AvgIpc) is 3.08. The zero-order valence-corrected chi connectivity index (χ0v) is 12.8. The van der Waals surface area contributed by atoms with E-state index < -0.39 is 0 Å². The van der Waals surface area contributed by atoms with Gasteiger partial charge in [-0.25, -0.2) is 19.9 Å². The predicted octanol–water partition coefficient (Wildman–Crippen LogP) is 2.48. The Morgan fingerprint density at radius 3 is 2.73 bits per heavy atom. The van der Waals surface area contributed by atoms with Crippen molar-refractivity contribution in [3.8, 4) is 11.4 Å². The molecular weight excluding hydrogens is 274 g/mol. The van der Waals surface area contributed by atoms with Gasteiger partial charge in [-0.05, 0) is 30.7 Å². The summed E-state index contributed by atoms with van der Waals surface area (Å²) < 4.78 is 0. The minimum Gasteiger partial charge on any atom is -0.297 e. The lowest BCUT2D eigenvalue weighted by Gasteiger charge is -2.30. The maximum atomic E-state index is 4.78. The Hall–Kier alpha value is -1.88. The second kappa shape index (κ2) is 6.08. The molecule has 0 bridgehead atoms. The SMILES string of the molecule is c1ncc(-c2ncc3c(n2)CN(CC2CCCC2)CC3)cn1. The van der Waals surface area contributed by atoms with E-state index in [0.717, 1.165) is 36.8 Å². The van der Waals surface area contributed by atoms with Gasteiger partial charge < -0.3 is 0 Å². The molecule has 0 spiro atoms. The number of hydrogen-bond acceptors (Lipinski definition) is 5. The Morgan fingerprint density at radius 2 is 1.91 bits per heavy atom. The lowest BCUT2D eigenvalue weighted by molar-refractivity contribution is 0.211. The highest BCUT2D eigenvalue weighted by Crippen LogP contribution is 2.27. The van der Waals surface area contributed by atoms with E-state index in [0.29, 0.717) is 0 Å². The van der Waals surface area contributed by atoms with Crippen LogP contribution in [0.3, 0.4) is 0 Å². The number of fused-ring (bicyclic) bond motifs is 1. The predicted molar refractivity (Wildman–Crippen MR) is 84.0 cm³/mol. The van der Waals surface area contributed by atoms with Gasteiger partial charge in [0, 0.05) is 38.2 Å². The summed E-state index contributed by atoms with van der Waals surface area (Å²) in [5.74, 6) is 1.63. The van der Waals surface area contributed by atoms with Crippen molar-refractivity contribution >= 4 is 0 Å². The minimum atomic E-state index is 0.738. The number of aromatic nitrogens is 4. The molecule has 114 valence electrons. The fourth-order valence-corrected chi connectivity index (χ4v) is 3.62. The fourth-order valence-electron chi connectivity index (χ4n) is 3.62. The molecule has 0 radical (unpaired) electrons. The first kappa shape index (κ1) is 13.8. The monoisotopic (exact) mass is 295 g/mol. The van der Waals surface area contributed by atoms with Crippen LogP contribution in [0.5, 0.6) is 0 Å². The van der Waals surface area contributed by atoms with Gasteiger partial charge >= 0.3 is 0 Å². The molecule has 2 aromatic rings. The molecule has 1 fully saturated rings. The summed E-state index contributed by atoms with van der Waals surface area (Å²) in [6.45, 7) is 3.32. The number of rotatable bonds is 3. The molecule has 0 aromatic carbocycles. The largest absolute Gasteiger partial charge is 0.297 e. The maximum Gasteiger partial charge on any atom is 0.162 e. The Balaban J connectivity index is 1.52. The van der Waals surface area contributed by atoms with Gasteiger partial charge in [-0.15, -0.1) is 0 Å². The lowest BCUT2D eigenvalue weighted by Crippen LogP contribution is -2.34. The Labute approximate surface area is 130 Å². The summed E-state index contributed by atoms with van der Waals surface area (Å²) in [5.41, 5.74) is 3.36. The lowest BCUT2D eigenvalue weighted by atomic mass is 10.0. The van der Waals surface area contributed by atoms with Crippen LogP contribution in [0, 0.1) is 5.92 Å². The van der Waals surface area contributed by atoms with E-state index in [9.17, 15) is 0 Å². The van der Waals surface area contributed by atoms with Gasteiger partial charge in [0.05, 0.1) is 11.3 Å². The average molecular weight is 295 g/mol. The van der Waals surface area contributed by atoms with Crippen LogP contribution in [0.25, 0.3) is 11.4 Å². The summed E-state index contributed by atoms with van der Waals surface area (Å²) in [6.07, 6.45) is 13.8. The van der Waals surface area contributed by atoms with Crippen LogP contribution in [-0.2, 0) is 13.0 Å². The van der Waals surface area contributed by atoms with Gasteiger partial charge in [0.1, 0.15) is 6.33 Å². The van der Waals surface area contributed by atoms with Crippen molar-refractivity contribution in [2.75, 3.05) is 13.1 Å². The Kier molecular flexibility index (Phi) is 3.81. The molecule has 4 rings (SSSR count). The Bertz CT molecular complexity index is 637. The Morgan fingerprint density at radius 1 is 1.09 bits per heavy atom. The minimum absolute atomic E-state index is 0.738. The fraction of sp³-hybridized carbons (Fsp3) is 0.529. The molecular formula is C17H21N5. The summed E-state index contributed by atoms with van der Waals surface area (Å²) in [5, 5.41) is 0. The molecule has 5 nitrogen and oxygen atoms in total. The summed E-state index contributed by atoms with van der Waals surface area (Å²) in [7, 11) is 0. The van der Waals surface area contributed by atoms with Crippen molar-refractivity contribution in [2.24, 2.45) is 5.92 Å². The molecule has 2 aliphatic rings. The van der Waals surface area contributed by atoms with Crippen LogP contribution < -0.4 is 0 Å². The third-order valence-electron chi connectivity index (χ3n) is 4.83. The van der Waals surface area contributed by atoms with Crippen molar-refractivity contribution in [1.29, 1.82) is 0 Å². The molecule has 2 aromatic heterocycles. The maximum absolute atomic E-state index is 4.78. The molecule has 0 amide bonds. The third kappa shape index (κ3) is 2.86. The molecule has 3 heterocycles. The smallest absolute Gasteiger partial charge is 0.162 e. The van der Waals surface area contributed by atoms with Crippen LogP contribution in [0.15, 0.2) is 24.9 Å². The normalized spacial score (nSPS) is 19.3. The molecule has 22 heavy (non-hydrogen) atoms. The van der Waals surface area contributed by atoms with Crippen molar-refractivity contribution in [1.82, 2.24) is 24.8 Å². The van der Waals surface area contributed by atoms with Gasteiger partial charge in [0.25, 0.3) is 0 Å². The van der Waals surface area contributed by atoms with Crippen LogP contribution in [-0.4, -0.2) is 37.9 Å². The molecule has 0 N–H and O–H groups in total. The van der Waals surface area contributed by atoms with E-state index >= 15 is 0 Å². The van der Waals surface area contributed by atoms with Crippen molar-refractivity contribution in [3.63, 3.8) is 0 Å². The molecule has 1 aliphatic heterocycles. The second-order valence-electron chi connectivity index (χ2n) is 6.43. The highest BCUT2D eigenvalue weighted by Gasteiger charge is 2.23. The molecule has 0 atom stereocenters. The van der Waals surface area contributed by atoms with E-state index in [2.05, 4.69) is 19.9 Å². The van der Waals surface area contributed by atoms with Crippen LogP contribution in [0.4, 0.5) is 0 Å². The van der Waals surface area contributed by atoms with E-state index in [-0.39, 0.29) is 0 Å². The molecule has 1 saturated carbocycles. The van der Waals surface area contributed by atoms with Crippen LogP contribution in [0.2, 0.25) is 0 Å². The first-order valence-electron chi connectivity index (χ1n) is 8.21. The number of nitrogens with zero attached hydrogens (tertiary/aromatic N) is 5. The first-order valence-corrected chi connectivity index (χ1v) is 8.21. The molecule has 0 unspecified atom stereocenters. The third-order valence-corrected chi connectivity index (χ3v) is 4.83. The van der Waals surface area contributed by atoms with Crippen molar-refractivity contribution in [2.45, 2.75) is 38.6 Å². The number of hydrogen-bond donors (Lipinski definition) is 0. The first-order chi connectivity index (χ1) is 10.9. The highest BCUT2D eigenvalue weighted by molar-refractivity contribution is 5.52.